The Hall–Kier alpha value is -0.310. The van der Waals surface area contributed by atoms with Crippen molar-refractivity contribution in [2.75, 3.05) is 6.16 Å². The molecule has 104 valence electrons. The van der Waals surface area contributed by atoms with Gasteiger partial charge in [0.15, 0.2) is 0 Å². The van der Waals surface area contributed by atoms with Crippen LogP contribution in [-0.4, -0.2) is 15.5 Å². The Bertz CT molecular complexity index is 515. The van der Waals surface area contributed by atoms with Gasteiger partial charge < -0.3 is 0 Å². The van der Waals surface area contributed by atoms with Gasteiger partial charge in [-0.3, -0.25) is 0 Å². The molecule has 1 aromatic rings. The minimum Gasteiger partial charge on any atom is -0.208 e. The molecule has 10 heteroatoms. The Morgan fingerprint density at radius 1 is 1.26 bits per heavy atom. The lowest BCUT2D eigenvalue weighted by Gasteiger charge is -2.36. The molecule has 1 aromatic carbocycles. The molecular weight excluding hydrogens is 319 g/mol. The minimum absolute atomic E-state index is 0.0488. The average molecular weight is 329 g/mol. The van der Waals surface area contributed by atoms with Crippen LogP contribution in [-0.2, 0) is 0 Å². The van der Waals surface area contributed by atoms with Crippen LogP contribution in [0.15, 0.2) is 47.5 Å². The Labute approximate surface area is 110 Å². The summed E-state index contributed by atoms with van der Waals surface area (Å²) in [6, 6.07) is 8.00. The molecule has 1 aliphatic heterocycles. The lowest BCUT2D eigenvalue weighted by atomic mass is 10.4. The van der Waals surface area contributed by atoms with E-state index in [0.29, 0.717) is 5.30 Å². The highest BCUT2D eigenvalue weighted by Crippen LogP contribution is 2.78. The zero-order valence-electron chi connectivity index (χ0n) is 9.57. The number of nitrogens with zero attached hydrogens (tertiary/aromatic N) is 3. The molecule has 0 amide bonds. The summed E-state index contributed by atoms with van der Waals surface area (Å²) in [4.78, 5) is 0. The molecule has 3 unspecified atom stereocenters. The van der Waals surface area contributed by atoms with Crippen LogP contribution >= 0.6 is 24.3 Å². The van der Waals surface area contributed by atoms with Crippen LogP contribution in [0.25, 0.3) is 0 Å². The monoisotopic (exact) mass is 329 g/mol. The highest BCUT2D eigenvalue weighted by Gasteiger charge is 2.49. The van der Waals surface area contributed by atoms with E-state index in [1.807, 2.05) is 0 Å². The van der Waals surface area contributed by atoms with Gasteiger partial charge in [0.25, 0.3) is 0 Å². The second kappa shape index (κ2) is 5.99. The van der Waals surface area contributed by atoms with E-state index in [1.165, 1.54) is 18.2 Å². The Kier molecular flexibility index (Phi) is 4.75. The van der Waals surface area contributed by atoms with Gasteiger partial charge in [0.1, 0.15) is 7.21 Å². The molecule has 0 aromatic heterocycles. The first-order valence-electron chi connectivity index (χ1n) is 5.14. The molecule has 1 heterocycles. The molecule has 3 atom stereocenters. The van der Waals surface area contributed by atoms with Crippen LogP contribution < -0.4 is 5.30 Å². The van der Waals surface area contributed by atoms with Crippen molar-refractivity contribution in [3.05, 3.63) is 43.0 Å². The van der Waals surface area contributed by atoms with E-state index in [1.54, 1.807) is 18.2 Å². The largest absolute Gasteiger partial charge is 0.321 e. The molecule has 0 radical (unpaired) electrons. The molecule has 19 heavy (non-hydrogen) atoms. The van der Waals surface area contributed by atoms with Crippen molar-refractivity contribution in [2.45, 2.75) is 0 Å². The normalized spacial score (nSPS) is 32.8. The summed E-state index contributed by atoms with van der Waals surface area (Å²) in [6.45, 7) is 3.47. The summed E-state index contributed by atoms with van der Waals surface area (Å²) < 4.78 is 56.9. The summed E-state index contributed by atoms with van der Waals surface area (Å²) in [5.74, 6) is 0. The number of rotatable bonds is 3. The fourth-order valence-corrected chi connectivity index (χ4v) is 8.76. The first-order chi connectivity index (χ1) is 9.03. The average Bonchev–Trinajstić information content (AvgIpc) is 2.43. The lowest BCUT2D eigenvalue weighted by molar-refractivity contribution is 0.195. The van der Waals surface area contributed by atoms with Gasteiger partial charge in [0.05, 0.1) is 0 Å². The van der Waals surface area contributed by atoms with Crippen LogP contribution in [0.5, 0.6) is 0 Å². The van der Waals surface area contributed by atoms with Crippen molar-refractivity contribution >= 4 is 29.6 Å². The van der Waals surface area contributed by atoms with Crippen molar-refractivity contribution in [1.29, 1.82) is 0 Å². The maximum Gasteiger partial charge on any atom is 0.321 e. The number of halogens is 4. The lowest BCUT2D eigenvalue weighted by Crippen LogP contribution is -2.22. The molecule has 0 spiro atoms. The third-order valence-electron chi connectivity index (χ3n) is 2.46. The van der Waals surface area contributed by atoms with Crippen LogP contribution in [0.3, 0.4) is 0 Å². The quantitative estimate of drug-likeness (QED) is 0.320. The molecule has 0 fully saturated rings. The smallest absolute Gasteiger partial charge is 0.208 e. The molecule has 3 nitrogen and oxygen atoms in total. The highest BCUT2D eigenvalue weighted by molar-refractivity contribution is 7.85. The SMILES string of the molecule is C=CCP1(c2ccccc2)=NP(F)N(F)P(F)N1F. The van der Waals surface area contributed by atoms with E-state index in [2.05, 4.69) is 11.1 Å². The molecule has 1 aliphatic rings. The zero-order chi connectivity index (χ0) is 14.0. The Morgan fingerprint density at radius 3 is 2.47 bits per heavy atom. The third-order valence-corrected chi connectivity index (χ3v) is 9.70. The van der Waals surface area contributed by atoms with Crippen molar-refractivity contribution in [2.24, 2.45) is 4.52 Å². The third kappa shape index (κ3) is 2.63. The van der Waals surface area contributed by atoms with E-state index in [-0.39, 0.29) is 10.8 Å². The molecule has 0 saturated carbocycles. The molecule has 2 rings (SSSR count). The number of allylic oxidation sites excluding steroid dienone is 1. The summed E-state index contributed by atoms with van der Waals surface area (Å²) >= 11 is 0. The predicted molar refractivity (Wildman–Crippen MR) is 72.4 cm³/mol. The van der Waals surface area contributed by atoms with E-state index in [9.17, 15) is 17.4 Å². The van der Waals surface area contributed by atoms with E-state index < -0.39 is 28.9 Å². The Balaban J connectivity index is 2.62. The van der Waals surface area contributed by atoms with Gasteiger partial charge in [0.2, 0.25) is 0 Å². The number of benzene rings is 1. The summed E-state index contributed by atoms with van der Waals surface area (Å²) in [5.41, 5.74) is 0. The van der Waals surface area contributed by atoms with Gasteiger partial charge >= 0.3 is 17.1 Å². The van der Waals surface area contributed by atoms with Crippen LogP contribution in [0, 0.1) is 0 Å². The van der Waals surface area contributed by atoms with Gasteiger partial charge in [-0.2, -0.15) is 8.39 Å². The van der Waals surface area contributed by atoms with Crippen molar-refractivity contribution in [3.63, 3.8) is 0 Å². The topological polar surface area (TPSA) is 18.8 Å². The second-order valence-electron chi connectivity index (χ2n) is 3.59. The van der Waals surface area contributed by atoms with Gasteiger partial charge in [-0.25, -0.2) is 4.52 Å². The standard InChI is InChI=1S/C9H10F4N3P3/c1-2-8-19(9-6-4-3-5-7-9)14-17(12)15(10)18(13)16(19)11/h2-7H,1,8H2. The maximum atomic E-state index is 14.2. The minimum atomic E-state index is -3.48. The summed E-state index contributed by atoms with van der Waals surface area (Å²) in [7, 11) is -9.94. The molecular formula is C9H10F4N3P3. The Morgan fingerprint density at radius 2 is 1.89 bits per heavy atom. The van der Waals surface area contributed by atoms with Crippen LogP contribution in [0.1, 0.15) is 0 Å². The van der Waals surface area contributed by atoms with E-state index in [0.717, 1.165) is 0 Å². The van der Waals surface area contributed by atoms with Crippen molar-refractivity contribution in [1.82, 2.24) is 9.33 Å². The maximum absolute atomic E-state index is 14.2. The highest BCUT2D eigenvalue weighted by atomic mass is 31.3. The summed E-state index contributed by atoms with van der Waals surface area (Å²) in [6.07, 6.45) is 1.30. The molecule has 0 aliphatic carbocycles. The molecule has 0 saturated heterocycles. The fourth-order valence-electron chi connectivity index (χ4n) is 1.63. The predicted octanol–water partition coefficient (Wildman–Crippen LogP) is 5.39. The van der Waals surface area contributed by atoms with Gasteiger partial charge in [-0.1, -0.05) is 36.4 Å². The summed E-state index contributed by atoms with van der Waals surface area (Å²) in [5, 5.41) is 0.362. The van der Waals surface area contributed by atoms with Crippen molar-refractivity contribution in [3.8, 4) is 0 Å². The first-order valence-corrected chi connectivity index (χ1v) is 9.30. The molecule has 0 N–H and O–H groups in total. The number of hydrogen-bond acceptors (Lipinski definition) is 3. The second-order valence-corrected chi connectivity index (χ2v) is 9.65. The first kappa shape index (κ1) is 15.1. The zero-order valence-corrected chi connectivity index (χ0v) is 12.3. The van der Waals surface area contributed by atoms with Crippen LogP contribution in [0.4, 0.5) is 17.4 Å². The van der Waals surface area contributed by atoms with Gasteiger partial charge in [-0.05, 0) is 9.33 Å². The number of hydrogen-bond donors (Lipinski definition) is 0. The fraction of sp³-hybridized carbons (Fsp3) is 0.111. The van der Waals surface area contributed by atoms with Crippen LogP contribution in [0.2, 0.25) is 0 Å². The van der Waals surface area contributed by atoms with Gasteiger partial charge in [-0.15, -0.1) is 15.5 Å². The van der Waals surface area contributed by atoms with Gasteiger partial charge in [0, 0.05) is 11.5 Å². The van der Waals surface area contributed by atoms with E-state index >= 15 is 0 Å². The molecule has 0 bridgehead atoms. The van der Waals surface area contributed by atoms with E-state index in [4.69, 9.17) is 0 Å². The van der Waals surface area contributed by atoms with Crippen molar-refractivity contribution < 1.29 is 17.4 Å².